The third-order valence-corrected chi connectivity index (χ3v) is 2.97. The normalized spacial score (nSPS) is 11.6. The molecular weight excluding hydrogens is 290 g/mol. The first-order valence-electron chi connectivity index (χ1n) is 5.20. The quantitative estimate of drug-likeness (QED) is 0.384. The molecule has 0 atom stereocenters. The maximum atomic E-state index is 11.1. The van der Waals surface area contributed by atoms with Crippen molar-refractivity contribution in [3.8, 4) is 5.75 Å². The van der Waals surface area contributed by atoms with Gasteiger partial charge in [-0.05, 0) is 18.2 Å². The molecule has 0 aliphatic carbocycles. The summed E-state index contributed by atoms with van der Waals surface area (Å²) in [5.41, 5.74) is -0.217. The Morgan fingerprint density at radius 1 is 1.45 bits per heavy atom. The molecule has 0 unspecified atom stereocenters. The molecule has 0 amide bonds. The molecule has 1 aromatic carbocycles. The highest BCUT2D eigenvalue weighted by molar-refractivity contribution is 7.86. The highest BCUT2D eigenvalue weighted by Gasteiger charge is 2.10. The molecule has 9 nitrogen and oxygen atoms in total. The van der Waals surface area contributed by atoms with Crippen molar-refractivity contribution in [2.75, 3.05) is 20.7 Å². The monoisotopic (exact) mass is 301 g/mol. The van der Waals surface area contributed by atoms with Gasteiger partial charge in [0, 0.05) is 7.05 Å². The third-order valence-electron chi connectivity index (χ3n) is 2.10. The van der Waals surface area contributed by atoms with E-state index in [0.29, 0.717) is 0 Å². The summed E-state index contributed by atoms with van der Waals surface area (Å²) in [7, 11) is -2.16. The molecule has 0 fully saturated rings. The Morgan fingerprint density at radius 3 is 2.60 bits per heavy atom. The number of ether oxygens (including phenoxy) is 1. The molecule has 0 N–H and O–H groups in total. The van der Waals surface area contributed by atoms with Gasteiger partial charge in [0.1, 0.15) is 21.6 Å². The molecule has 1 aromatic rings. The predicted octanol–water partition coefficient (Wildman–Crippen LogP) is -0.720. The summed E-state index contributed by atoms with van der Waals surface area (Å²) < 4.78 is 38.2. The van der Waals surface area contributed by atoms with E-state index in [2.05, 4.69) is 10.3 Å². The van der Waals surface area contributed by atoms with Crippen LogP contribution in [0.1, 0.15) is 0 Å². The molecule has 0 aliphatic rings. The van der Waals surface area contributed by atoms with Crippen molar-refractivity contribution in [3.63, 3.8) is 0 Å². The first kappa shape index (κ1) is 15.9. The molecule has 0 bridgehead atoms. The van der Waals surface area contributed by atoms with Crippen molar-refractivity contribution in [1.29, 1.82) is 0 Å². The Hall–Kier alpha value is -2.20. The zero-order valence-corrected chi connectivity index (χ0v) is 11.5. The van der Waals surface area contributed by atoms with Crippen LogP contribution in [-0.2, 0) is 14.9 Å². The number of likely N-dealkylation sites (N-methyl/N-ethyl adjacent to an activating group) is 1. The fourth-order valence-corrected chi connectivity index (χ4v) is 1.87. The lowest BCUT2D eigenvalue weighted by atomic mass is 10.3. The largest absolute Gasteiger partial charge is 0.744 e. The molecule has 0 aromatic heterocycles. The Balaban J connectivity index is 3.12. The summed E-state index contributed by atoms with van der Waals surface area (Å²) in [6, 6.07) is 3.62. The maximum absolute atomic E-state index is 11.1. The number of aliphatic carboxylic acids is 1. The summed E-state index contributed by atoms with van der Waals surface area (Å²) in [4.78, 5) is 9.71. The Labute approximate surface area is 115 Å². The van der Waals surface area contributed by atoms with E-state index in [-0.39, 0.29) is 11.4 Å². The van der Waals surface area contributed by atoms with E-state index < -0.39 is 27.5 Å². The zero-order valence-electron chi connectivity index (χ0n) is 10.6. The minimum absolute atomic E-state index is 0.168. The van der Waals surface area contributed by atoms with Crippen LogP contribution in [0, 0.1) is 0 Å². The second-order valence-corrected chi connectivity index (χ2v) is 5.01. The van der Waals surface area contributed by atoms with Gasteiger partial charge in [-0.15, -0.1) is 5.11 Å². The van der Waals surface area contributed by atoms with Gasteiger partial charge >= 0.3 is 0 Å². The van der Waals surface area contributed by atoms with Crippen LogP contribution in [-0.4, -0.2) is 44.7 Å². The van der Waals surface area contributed by atoms with Crippen LogP contribution in [0.4, 0.5) is 5.69 Å². The van der Waals surface area contributed by atoms with Gasteiger partial charge in [-0.3, -0.25) is 5.01 Å². The second kappa shape index (κ2) is 6.30. The predicted molar refractivity (Wildman–Crippen MR) is 63.1 cm³/mol. The molecule has 0 heterocycles. The number of carbonyl (C=O) groups excluding carboxylic acids is 1. The minimum Gasteiger partial charge on any atom is -0.744 e. The number of methoxy groups -OCH3 is 1. The Kier molecular flexibility index (Phi) is 5.00. The number of carbonyl (C=O) groups is 1. The highest BCUT2D eigenvalue weighted by Crippen LogP contribution is 2.28. The van der Waals surface area contributed by atoms with Gasteiger partial charge in [-0.1, -0.05) is 5.22 Å². The Bertz CT molecular complexity index is 628. The van der Waals surface area contributed by atoms with E-state index in [1.807, 2.05) is 0 Å². The molecule has 0 aliphatic heterocycles. The fourth-order valence-electron chi connectivity index (χ4n) is 1.25. The van der Waals surface area contributed by atoms with Crippen molar-refractivity contribution < 1.29 is 27.6 Å². The van der Waals surface area contributed by atoms with Gasteiger partial charge in [-0.2, -0.15) is 0 Å². The van der Waals surface area contributed by atoms with Crippen LogP contribution in [0.2, 0.25) is 0 Å². The van der Waals surface area contributed by atoms with Crippen LogP contribution in [0.5, 0.6) is 5.75 Å². The molecule has 0 radical (unpaired) electrons. The lowest BCUT2D eigenvalue weighted by Crippen LogP contribution is -2.33. The minimum atomic E-state index is -4.77. The lowest BCUT2D eigenvalue weighted by molar-refractivity contribution is -0.306. The number of hydrogen-bond donors (Lipinski definition) is 0. The molecular formula is C10H11N3O6S-2. The summed E-state index contributed by atoms with van der Waals surface area (Å²) >= 11 is 0. The van der Waals surface area contributed by atoms with Gasteiger partial charge in [0.2, 0.25) is 0 Å². The number of rotatable bonds is 6. The number of carboxylic acid groups (broad SMARTS) is 1. The number of carboxylic acids is 1. The highest BCUT2D eigenvalue weighted by atomic mass is 32.2. The summed E-state index contributed by atoms with van der Waals surface area (Å²) in [6.45, 7) is -0.529. The first-order valence-corrected chi connectivity index (χ1v) is 6.61. The smallest absolute Gasteiger partial charge is 0.126 e. The summed E-state index contributed by atoms with van der Waals surface area (Å²) in [5.74, 6) is -1.21. The van der Waals surface area contributed by atoms with Crippen molar-refractivity contribution in [2.24, 2.45) is 10.3 Å². The zero-order chi connectivity index (χ0) is 15.3. The number of benzene rings is 1. The van der Waals surface area contributed by atoms with E-state index in [1.165, 1.54) is 26.3 Å². The van der Waals surface area contributed by atoms with Crippen molar-refractivity contribution in [1.82, 2.24) is 5.01 Å². The van der Waals surface area contributed by atoms with E-state index in [4.69, 9.17) is 4.74 Å². The average Bonchev–Trinajstić information content (AvgIpc) is 2.34. The molecule has 110 valence electrons. The van der Waals surface area contributed by atoms with Crippen molar-refractivity contribution in [2.45, 2.75) is 4.90 Å². The van der Waals surface area contributed by atoms with Gasteiger partial charge < -0.3 is 19.2 Å². The van der Waals surface area contributed by atoms with Gasteiger partial charge in [0.05, 0.1) is 24.5 Å². The summed E-state index contributed by atoms with van der Waals surface area (Å²) in [5, 5.41) is 18.2. The Morgan fingerprint density at radius 2 is 2.10 bits per heavy atom. The average molecular weight is 301 g/mol. The topological polar surface area (TPSA) is 135 Å². The number of nitrogens with zero attached hydrogens (tertiary/aromatic N) is 3. The standard InChI is InChI=1S/C10H13N3O6S/c1-13(6-10(14)15)12-11-8-4-3-7(19-2)5-9(8)20(16,17)18/h3-5H,6H2,1-2H3,(H,14,15)(H,16,17,18)/p-2. The summed E-state index contributed by atoms with van der Waals surface area (Å²) in [6.07, 6.45) is 0. The molecule has 10 heteroatoms. The van der Waals surface area contributed by atoms with Crippen LogP contribution in [0.15, 0.2) is 33.4 Å². The van der Waals surface area contributed by atoms with Crippen LogP contribution in [0.25, 0.3) is 0 Å². The molecule has 0 saturated heterocycles. The number of hydrogen-bond acceptors (Lipinski definition) is 8. The third kappa shape index (κ3) is 4.48. The van der Waals surface area contributed by atoms with Crippen LogP contribution in [0.3, 0.4) is 0 Å². The lowest BCUT2D eigenvalue weighted by Gasteiger charge is -2.13. The molecule has 0 saturated carbocycles. The van der Waals surface area contributed by atoms with Gasteiger partial charge in [0.15, 0.2) is 0 Å². The molecule has 0 spiro atoms. The van der Waals surface area contributed by atoms with E-state index in [0.717, 1.165) is 11.1 Å². The molecule has 20 heavy (non-hydrogen) atoms. The first-order chi connectivity index (χ1) is 9.24. The van der Waals surface area contributed by atoms with Crippen LogP contribution < -0.4 is 9.84 Å². The van der Waals surface area contributed by atoms with Gasteiger partial charge in [-0.25, -0.2) is 8.42 Å². The fraction of sp³-hybridized carbons (Fsp3) is 0.300. The van der Waals surface area contributed by atoms with E-state index >= 15 is 0 Å². The SMILES string of the molecule is COc1ccc(N=NN(C)CC(=O)[O-])c(S(=O)(=O)[O-])c1. The van der Waals surface area contributed by atoms with Crippen molar-refractivity contribution in [3.05, 3.63) is 18.2 Å². The van der Waals surface area contributed by atoms with Crippen molar-refractivity contribution >= 4 is 21.8 Å². The van der Waals surface area contributed by atoms with E-state index in [9.17, 15) is 22.9 Å². The maximum Gasteiger partial charge on any atom is 0.126 e. The van der Waals surface area contributed by atoms with Crippen LogP contribution >= 0.6 is 0 Å². The molecule has 1 rings (SSSR count). The van der Waals surface area contributed by atoms with E-state index in [1.54, 1.807) is 0 Å². The second-order valence-electron chi connectivity index (χ2n) is 3.66. The van der Waals surface area contributed by atoms with Gasteiger partial charge in [0.25, 0.3) is 0 Å².